The number of carbonyl (C=O) groups excluding carboxylic acids is 2. The van der Waals surface area contributed by atoms with E-state index in [0.29, 0.717) is 0 Å². The fourth-order valence-electron chi connectivity index (χ4n) is 3.75. The molecule has 1 aliphatic carbocycles. The van der Waals surface area contributed by atoms with E-state index in [9.17, 15) is 9.59 Å². The molecular formula is C24H21NO4. The molecule has 1 aliphatic rings. The van der Waals surface area contributed by atoms with Crippen molar-refractivity contribution >= 4 is 12.1 Å². The highest BCUT2D eigenvalue weighted by molar-refractivity contribution is 5.82. The van der Waals surface area contributed by atoms with E-state index < -0.39 is 18.2 Å². The van der Waals surface area contributed by atoms with Crippen LogP contribution in [0.2, 0.25) is 0 Å². The summed E-state index contributed by atoms with van der Waals surface area (Å²) in [5.74, 6) is -0.796. The lowest BCUT2D eigenvalue weighted by Crippen LogP contribution is -2.21. The number of benzene rings is 3. The lowest BCUT2D eigenvalue weighted by atomic mass is 9.98. The van der Waals surface area contributed by atoms with Crippen molar-refractivity contribution in [1.82, 2.24) is 0 Å². The second-order valence-corrected chi connectivity index (χ2v) is 6.98. The molecule has 29 heavy (non-hydrogen) atoms. The van der Waals surface area contributed by atoms with Gasteiger partial charge in [-0.1, -0.05) is 78.9 Å². The summed E-state index contributed by atoms with van der Waals surface area (Å²) >= 11 is 0. The summed E-state index contributed by atoms with van der Waals surface area (Å²) in [4.78, 5) is 24.1. The first-order valence-corrected chi connectivity index (χ1v) is 9.49. The summed E-state index contributed by atoms with van der Waals surface area (Å²) in [6.45, 7) is 0.102. The Balaban J connectivity index is 1.36. The lowest BCUT2D eigenvalue weighted by Gasteiger charge is -2.14. The van der Waals surface area contributed by atoms with Crippen LogP contribution in [0, 0.1) is 0 Å². The van der Waals surface area contributed by atoms with E-state index in [0.717, 1.165) is 27.8 Å². The number of carbonyl (C=O) groups is 2. The molecule has 3 aromatic carbocycles. The van der Waals surface area contributed by atoms with E-state index in [2.05, 4.69) is 12.1 Å². The van der Waals surface area contributed by atoms with Crippen molar-refractivity contribution in [3.8, 4) is 11.1 Å². The molecule has 0 saturated carbocycles. The standard InChI is InChI=1S/C24H21NO4/c25-22(16-8-2-1-3-9-16)14-23(26)29-24(27)28-15-21-19-12-6-4-10-17(19)18-11-5-7-13-20(18)21/h1-13,21-22H,14-15,25H2/t22-/m0/s1. The Labute approximate surface area is 169 Å². The Bertz CT molecular complexity index is 986. The topological polar surface area (TPSA) is 78.6 Å². The van der Waals surface area contributed by atoms with Crippen LogP contribution in [0.15, 0.2) is 78.9 Å². The van der Waals surface area contributed by atoms with Gasteiger partial charge in [0.1, 0.15) is 6.61 Å². The maximum Gasteiger partial charge on any atom is 0.516 e. The van der Waals surface area contributed by atoms with Crippen molar-refractivity contribution < 1.29 is 19.1 Å². The summed E-state index contributed by atoms with van der Waals surface area (Å²) in [6.07, 6.45) is -1.11. The minimum absolute atomic E-state index is 0.0865. The average Bonchev–Trinajstić information content (AvgIpc) is 3.06. The molecule has 0 fully saturated rings. The van der Waals surface area contributed by atoms with Crippen LogP contribution in [0.1, 0.15) is 35.1 Å². The quantitative estimate of drug-likeness (QED) is 0.512. The van der Waals surface area contributed by atoms with Gasteiger partial charge >= 0.3 is 12.1 Å². The van der Waals surface area contributed by atoms with Gasteiger partial charge in [-0.25, -0.2) is 4.79 Å². The highest BCUT2D eigenvalue weighted by Crippen LogP contribution is 2.44. The van der Waals surface area contributed by atoms with Gasteiger partial charge in [0.2, 0.25) is 0 Å². The first-order chi connectivity index (χ1) is 14.1. The molecule has 2 N–H and O–H groups in total. The third kappa shape index (κ3) is 4.05. The Morgan fingerprint density at radius 2 is 1.38 bits per heavy atom. The minimum atomic E-state index is -1.00. The Morgan fingerprint density at radius 3 is 2.00 bits per heavy atom. The van der Waals surface area contributed by atoms with Gasteiger partial charge in [0.05, 0.1) is 6.42 Å². The highest BCUT2D eigenvalue weighted by Gasteiger charge is 2.29. The molecule has 0 heterocycles. The molecule has 0 aliphatic heterocycles. The van der Waals surface area contributed by atoms with Gasteiger partial charge in [0.25, 0.3) is 0 Å². The Kier molecular flexibility index (Phi) is 5.40. The average molecular weight is 387 g/mol. The molecule has 4 rings (SSSR count). The van der Waals surface area contributed by atoms with Crippen LogP contribution in [-0.2, 0) is 14.3 Å². The first-order valence-electron chi connectivity index (χ1n) is 9.49. The number of fused-ring (bicyclic) bond motifs is 3. The van der Waals surface area contributed by atoms with Crippen LogP contribution >= 0.6 is 0 Å². The molecule has 3 aromatic rings. The maximum atomic E-state index is 12.0. The smallest absolute Gasteiger partial charge is 0.433 e. The number of hydrogen-bond acceptors (Lipinski definition) is 5. The molecule has 0 amide bonds. The van der Waals surface area contributed by atoms with Crippen molar-refractivity contribution in [2.75, 3.05) is 6.61 Å². The normalized spacial score (nSPS) is 13.3. The monoisotopic (exact) mass is 387 g/mol. The molecule has 0 bridgehead atoms. The van der Waals surface area contributed by atoms with E-state index in [1.165, 1.54) is 0 Å². The van der Waals surface area contributed by atoms with Crippen molar-refractivity contribution in [1.29, 1.82) is 0 Å². The van der Waals surface area contributed by atoms with Crippen molar-refractivity contribution in [3.63, 3.8) is 0 Å². The van der Waals surface area contributed by atoms with Gasteiger partial charge in [-0.05, 0) is 27.8 Å². The number of nitrogens with two attached hydrogens (primary N) is 1. The van der Waals surface area contributed by atoms with Gasteiger partial charge in [-0.15, -0.1) is 0 Å². The molecule has 5 heteroatoms. The van der Waals surface area contributed by atoms with E-state index in [1.54, 1.807) is 0 Å². The van der Waals surface area contributed by atoms with Crippen LogP contribution in [0.5, 0.6) is 0 Å². The van der Waals surface area contributed by atoms with Crippen LogP contribution in [0.4, 0.5) is 4.79 Å². The molecule has 5 nitrogen and oxygen atoms in total. The SMILES string of the molecule is N[C@@H](CC(=O)OC(=O)OCC1c2ccccc2-c2ccccc21)c1ccccc1. The maximum absolute atomic E-state index is 12.0. The van der Waals surface area contributed by atoms with Gasteiger partial charge in [-0.3, -0.25) is 4.79 Å². The van der Waals surface area contributed by atoms with Crippen molar-refractivity contribution in [2.24, 2.45) is 5.73 Å². The van der Waals surface area contributed by atoms with Gasteiger partial charge in [0, 0.05) is 12.0 Å². The largest absolute Gasteiger partial charge is 0.516 e. The summed E-state index contributed by atoms with van der Waals surface area (Å²) < 4.78 is 10.1. The summed E-state index contributed by atoms with van der Waals surface area (Å²) in [5.41, 5.74) is 11.3. The zero-order chi connectivity index (χ0) is 20.2. The zero-order valence-electron chi connectivity index (χ0n) is 15.8. The van der Waals surface area contributed by atoms with Crippen LogP contribution < -0.4 is 5.73 Å². The third-order valence-electron chi connectivity index (χ3n) is 5.14. The fraction of sp³-hybridized carbons (Fsp3) is 0.167. The molecule has 146 valence electrons. The summed E-state index contributed by atoms with van der Waals surface area (Å²) in [5, 5.41) is 0. The lowest BCUT2D eigenvalue weighted by molar-refractivity contribution is -0.140. The molecule has 0 spiro atoms. The van der Waals surface area contributed by atoms with Gasteiger partial charge < -0.3 is 15.2 Å². The fourth-order valence-corrected chi connectivity index (χ4v) is 3.75. The van der Waals surface area contributed by atoms with Crippen LogP contribution in [0.25, 0.3) is 11.1 Å². The van der Waals surface area contributed by atoms with Gasteiger partial charge in [-0.2, -0.15) is 0 Å². The van der Waals surface area contributed by atoms with Gasteiger partial charge in [0.15, 0.2) is 0 Å². The third-order valence-corrected chi connectivity index (χ3v) is 5.14. The molecule has 0 saturated heterocycles. The molecule has 0 aromatic heterocycles. The number of esters is 1. The summed E-state index contributed by atoms with van der Waals surface area (Å²) in [6, 6.07) is 24.7. The second-order valence-electron chi connectivity index (χ2n) is 6.98. The number of hydrogen-bond donors (Lipinski definition) is 1. The first kappa shape index (κ1) is 18.9. The molecule has 0 unspecified atom stereocenters. The zero-order valence-corrected chi connectivity index (χ0v) is 15.8. The predicted octanol–water partition coefficient (Wildman–Crippen LogP) is 4.57. The van der Waals surface area contributed by atoms with E-state index in [1.807, 2.05) is 66.7 Å². The van der Waals surface area contributed by atoms with Crippen LogP contribution in [-0.4, -0.2) is 18.7 Å². The second kappa shape index (κ2) is 8.29. The van der Waals surface area contributed by atoms with E-state index in [4.69, 9.17) is 15.2 Å². The van der Waals surface area contributed by atoms with Crippen molar-refractivity contribution in [3.05, 3.63) is 95.6 Å². The van der Waals surface area contributed by atoms with E-state index >= 15 is 0 Å². The predicted molar refractivity (Wildman–Crippen MR) is 109 cm³/mol. The molecular weight excluding hydrogens is 366 g/mol. The Morgan fingerprint density at radius 1 is 0.828 bits per heavy atom. The summed E-state index contributed by atoms with van der Waals surface area (Å²) in [7, 11) is 0. The van der Waals surface area contributed by atoms with E-state index in [-0.39, 0.29) is 18.9 Å². The number of rotatable bonds is 5. The number of ether oxygens (including phenoxy) is 2. The Hall–Kier alpha value is -3.44. The molecule has 0 radical (unpaired) electrons. The van der Waals surface area contributed by atoms with Crippen molar-refractivity contribution in [2.45, 2.75) is 18.4 Å². The van der Waals surface area contributed by atoms with Crippen LogP contribution in [0.3, 0.4) is 0 Å². The minimum Gasteiger partial charge on any atom is -0.433 e. The highest BCUT2D eigenvalue weighted by atomic mass is 16.7. The molecule has 1 atom stereocenters.